The fourth-order valence-electron chi connectivity index (χ4n) is 6.95. The topological polar surface area (TPSA) is 103 Å². The van der Waals surface area contributed by atoms with Gasteiger partial charge in [0.05, 0.1) is 13.2 Å². The zero-order valence-electron chi connectivity index (χ0n) is 31.4. The number of likely N-dealkylation sites (N-methyl/N-ethyl adjacent to an activating group) is 2. The van der Waals surface area contributed by atoms with Gasteiger partial charge in [0, 0.05) is 80.6 Å². The van der Waals surface area contributed by atoms with Gasteiger partial charge in [-0.05, 0) is 95.8 Å². The lowest BCUT2D eigenvalue weighted by Crippen LogP contribution is -2.29. The van der Waals surface area contributed by atoms with E-state index in [0.717, 1.165) is 92.8 Å². The molecule has 0 saturated carbocycles. The molecule has 10 heteroatoms. The molecule has 272 valence electrons. The Morgan fingerprint density at radius 1 is 0.824 bits per heavy atom. The molecule has 3 N–H and O–H groups in total. The Balaban J connectivity index is 0.000000160. The SMILES string of the molecule is CCN(CC)c1ccc(ON)c(O)c1.CCN1CCc2cc3nc4ccc(=[N+](CC)CC)cc-4oc3cc21.CCN1CCc2ccc(OC)cc21. The molecule has 0 amide bonds. The molecule has 3 aromatic carbocycles. The molecule has 0 fully saturated rings. The molecule has 0 aromatic heterocycles. The number of benzene rings is 4. The van der Waals surface area contributed by atoms with Crippen LogP contribution in [0.15, 0.2) is 71.1 Å². The molecule has 0 unspecified atom stereocenters. The van der Waals surface area contributed by atoms with Crippen LogP contribution < -0.4 is 40.1 Å². The molecule has 0 bridgehead atoms. The van der Waals surface area contributed by atoms with E-state index >= 15 is 0 Å². The minimum absolute atomic E-state index is 0.0666. The van der Waals surface area contributed by atoms with E-state index in [0.29, 0.717) is 5.75 Å². The number of phenols is 1. The van der Waals surface area contributed by atoms with Crippen LogP contribution in [0.25, 0.3) is 22.6 Å². The zero-order valence-corrected chi connectivity index (χ0v) is 31.4. The normalized spacial score (nSPS) is 12.9. The van der Waals surface area contributed by atoms with Crippen molar-refractivity contribution in [1.29, 1.82) is 0 Å². The summed E-state index contributed by atoms with van der Waals surface area (Å²) in [6.45, 7) is 21.0. The van der Waals surface area contributed by atoms with Crippen molar-refractivity contribution in [2.45, 2.75) is 54.4 Å². The summed E-state index contributed by atoms with van der Waals surface area (Å²) in [6.07, 6.45) is 2.27. The molecule has 7 rings (SSSR count). The predicted molar refractivity (Wildman–Crippen MR) is 210 cm³/mol. The molecular weight excluding hydrogens is 640 g/mol. The van der Waals surface area contributed by atoms with E-state index < -0.39 is 0 Å². The summed E-state index contributed by atoms with van der Waals surface area (Å²) < 4.78 is 13.8. The number of fused-ring (bicyclic) bond motifs is 4. The Morgan fingerprint density at radius 2 is 1.51 bits per heavy atom. The number of aromatic hydroxyl groups is 1. The van der Waals surface area contributed by atoms with Crippen molar-refractivity contribution >= 4 is 28.2 Å². The van der Waals surface area contributed by atoms with Crippen molar-refractivity contribution < 1.29 is 19.1 Å². The molecule has 3 heterocycles. The fourth-order valence-corrected chi connectivity index (χ4v) is 6.95. The predicted octanol–water partition coefficient (Wildman–Crippen LogP) is 6.70. The number of rotatable bonds is 9. The van der Waals surface area contributed by atoms with Crippen molar-refractivity contribution in [3.63, 3.8) is 0 Å². The monoisotopic (exact) mass is 695 g/mol. The van der Waals surface area contributed by atoms with Gasteiger partial charge in [-0.3, -0.25) is 0 Å². The fraction of sp³-hybridized carbons (Fsp3) is 0.415. The second-order valence-electron chi connectivity index (χ2n) is 12.6. The van der Waals surface area contributed by atoms with Crippen LogP contribution in [0, 0.1) is 0 Å². The Hall–Kier alpha value is -4.96. The number of anilines is 3. The zero-order chi connectivity index (χ0) is 36.5. The van der Waals surface area contributed by atoms with E-state index in [1.165, 1.54) is 34.3 Å². The van der Waals surface area contributed by atoms with Crippen LogP contribution in [-0.2, 0) is 12.8 Å². The third-order valence-corrected chi connectivity index (χ3v) is 9.93. The van der Waals surface area contributed by atoms with Gasteiger partial charge in [-0.15, -0.1) is 0 Å². The van der Waals surface area contributed by atoms with Gasteiger partial charge in [0.2, 0.25) is 5.36 Å². The van der Waals surface area contributed by atoms with E-state index in [-0.39, 0.29) is 5.75 Å². The van der Waals surface area contributed by atoms with Gasteiger partial charge in [0.1, 0.15) is 30.0 Å². The summed E-state index contributed by atoms with van der Waals surface area (Å²) in [5.41, 5.74) is 9.19. The smallest absolute Gasteiger partial charge is 0.203 e. The van der Waals surface area contributed by atoms with Crippen LogP contribution in [-0.4, -0.2) is 69.6 Å². The number of phenolic OH excluding ortho intramolecular Hbond substituents is 1. The first-order valence-corrected chi connectivity index (χ1v) is 18.4. The minimum atomic E-state index is 0.0666. The molecule has 0 spiro atoms. The summed E-state index contributed by atoms with van der Waals surface area (Å²) in [4.78, 5) is 16.2. The Labute approximate surface area is 302 Å². The van der Waals surface area contributed by atoms with Crippen LogP contribution >= 0.6 is 0 Å². The summed E-state index contributed by atoms with van der Waals surface area (Å²) in [6, 6.07) is 22.2. The molecule has 4 aliphatic rings. The molecule has 0 saturated heterocycles. The highest BCUT2D eigenvalue weighted by atomic mass is 16.6. The third-order valence-electron chi connectivity index (χ3n) is 9.93. The summed E-state index contributed by atoms with van der Waals surface area (Å²) in [7, 11) is 1.72. The van der Waals surface area contributed by atoms with Crippen LogP contribution in [0.5, 0.6) is 17.2 Å². The summed E-state index contributed by atoms with van der Waals surface area (Å²) in [5.74, 6) is 7.14. The van der Waals surface area contributed by atoms with Crippen molar-refractivity contribution in [3.05, 3.63) is 83.2 Å². The Bertz CT molecular complexity index is 1950. The average molecular weight is 696 g/mol. The maximum absolute atomic E-state index is 9.50. The number of nitrogens with two attached hydrogens (primary N) is 1. The van der Waals surface area contributed by atoms with Crippen molar-refractivity contribution in [1.82, 2.24) is 9.56 Å². The van der Waals surface area contributed by atoms with E-state index in [2.05, 4.69) is 108 Å². The molecular formula is C41H55N6O4+. The first kappa shape index (κ1) is 37.3. The standard InChI is InChI=1S/C20H24N3O.C11H15NO.C10H16N2O2/c1-4-22(5-2)15-7-8-16-19(12-15)24-20-13-18-14(11-17(20)21-16)9-10-23(18)6-3;1-3-12-7-6-9-4-5-10(13-2)8-11(9)12;1-3-12(4-2)8-5-6-10(14-11)9(13)7-8/h7-8,11-13H,4-6,9-10H2,1-3H3;4-5,8H,3,6-7H2,1-2H3;5-7,13H,3-4,11H2,1-2H3/q+1;;. The lowest BCUT2D eigenvalue weighted by Gasteiger charge is -2.21. The summed E-state index contributed by atoms with van der Waals surface area (Å²) in [5, 5.41) is 10.7. The van der Waals surface area contributed by atoms with E-state index in [1.807, 2.05) is 12.1 Å². The molecule has 0 radical (unpaired) electrons. The Morgan fingerprint density at radius 3 is 2.12 bits per heavy atom. The van der Waals surface area contributed by atoms with E-state index in [1.54, 1.807) is 19.2 Å². The van der Waals surface area contributed by atoms with Gasteiger partial charge < -0.3 is 33.8 Å². The lowest BCUT2D eigenvalue weighted by molar-refractivity contribution is 0.313. The van der Waals surface area contributed by atoms with Gasteiger partial charge in [-0.1, -0.05) is 6.07 Å². The maximum Gasteiger partial charge on any atom is 0.203 e. The highest BCUT2D eigenvalue weighted by molar-refractivity contribution is 5.83. The number of aromatic nitrogens is 1. The van der Waals surface area contributed by atoms with Crippen molar-refractivity contribution in [3.8, 4) is 28.7 Å². The largest absolute Gasteiger partial charge is 0.504 e. The van der Waals surface area contributed by atoms with Gasteiger partial charge >= 0.3 is 0 Å². The molecule has 10 nitrogen and oxygen atoms in total. The molecule has 0 atom stereocenters. The molecule has 1 aliphatic carbocycles. The highest BCUT2D eigenvalue weighted by Crippen LogP contribution is 2.34. The lowest BCUT2D eigenvalue weighted by atomic mass is 10.1. The first-order chi connectivity index (χ1) is 24.8. The maximum atomic E-state index is 9.50. The number of methoxy groups -OCH3 is 1. The van der Waals surface area contributed by atoms with Crippen molar-refractivity contribution in [2.24, 2.45) is 5.90 Å². The first-order valence-electron chi connectivity index (χ1n) is 18.4. The van der Waals surface area contributed by atoms with Gasteiger partial charge in [0.25, 0.3) is 0 Å². The summed E-state index contributed by atoms with van der Waals surface area (Å²) >= 11 is 0. The molecule has 3 aromatic rings. The van der Waals surface area contributed by atoms with Crippen molar-refractivity contribution in [2.75, 3.05) is 74.2 Å². The Kier molecular flexibility index (Phi) is 12.7. The average Bonchev–Trinajstić information content (AvgIpc) is 3.77. The highest BCUT2D eigenvalue weighted by Gasteiger charge is 2.21. The van der Waals surface area contributed by atoms with Crippen LogP contribution in [0.1, 0.15) is 52.7 Å². The number of ether oxygens (including phenoxy) is 1. The van der Waals surface area contributed by atoms with Crippen LogP contribution in [0.3, 0.4) is 0 Å². The molecule has 51 heavy (non-hydrogen) atoms. The van der Waals surface area contributed by atoms with Gasteiger partial charge in [0.15, 0.2) is 22.8 Å². The van der Waals surface area contributed by atoms with Crippen LogP contribution in [0.2, 0.25) is 0 Å². The van der Waals surface area contributed by atoms with E-state index in [9.17, 15) is 5.11 Å². The number of hydrogen-bond donors (Lipinski definition) is 2. The second-order valence-corrected chi connectivity index (χ2v) is 12.6. The number of hydrogen-bond acceptors (Lipinski definition) is 9. The van der Waals surface area contributed by atoms with Crippen LogP contribution in [0.4, 0.5) is 17.1 Å². The van der Waals surface area contributed by atoms with Gasteiger partial charge in [-0.25, -0.2) is 9.56 Å². The van der Waals surface area contributed by atoms with Gasteiger partial charge in [-0.2, -0.15) is 5.90 Å². The minimum Gasteiger partial charge on any atom is -0.504 e. The second kappa shape index (κ2) is 17.3. The quantitative estimate of drug-likeness (QED) is 0.0992. The number of nitrogens with zero attached hydrogens (tertiary/aromatic N) is 5. The van der Waals surface area contributed by atoms with E-state index in [4.69, 9.17) is 20.0 Å². The third kappa shape index (κ3) is 8.34. The molecule has 3 aliphatic heterocycles.